The molecule has 2 rings (SSSR count). The first-order valence-corrected chi connectivity index (χ1v) is 7.54. The van der Waals surface area contributed by atoms with Crippen molar-refractivity contribution in [2.24, 2.45) is 5.41 Å². The second-order valence-electron chi connectivity index (χ2n) is 6.44. The lowest BCUT2D eigenvalue weighted by molar-refractivity contribution is -0.137. The fourth-order valence-corrected chi connectivity index (χ4v) is 2.35. The van der Waals surface area contributed by atoms with Crippen molar-refractivity contribution < 1.29 is 18.3 Å². The van der Waals surface area contributed by atoms with Crippen LogP contribution >= 0.6 is 0 Å². The Morgan fingerprint density at radius 3 is 2.57 bits per heavy atom. The lowest BCUT2D eigenvalue weighted by atomic mass is 9.89. The van der Waals surface area contributed by atoms with Gasteiger partial charge in [0.15, 0.2) is 0 Å². The van der Waals surface area contributed by atoms with Gasteiger partial charge in [-0.1, -0.05) is 19.9 Å². The minimum absolute atomic E-state index is 0.121. The molecule has 6 heteroatoms. The summed E-state index contributed by atoms with van der Waals surface area (Å²) in [6, 6.07) is 5.34. The molecule has 0 aliphatic rings. The van der Waals surface area contributed by atoms with Crippen LogP contribution < -0.4 is 5.32 Å². The average Bonchev–Trinajstić information content (AvgIpc) is 2.50. The number of hydrogen-bond donors (Lipinski definition) is 2. The molecular formula is C17H21F3N2O. The Bertz CT molecular complexity index is 668. The number of nitrogens with zero attached hydrogens (tertiary/aromatic N) is 1. The van der Waals surface area contributed by atoms with Gasteiger partial charge in [0, 0.05) is 30.4 Å². The average molecular weight is 326 g/mol. The zero-order chi connectivity index (χ0) is 17.1. The van der Waals surface area contributed by atoms with Crippen molar-refractivity contribution in [2.45, 2.75) is 32.9 Å². The van der Waals surface area contributed by atoms with Crippen LogP contribution in [0, 0.1) is 5.41 Å². The monoisotopic (exact) mass is 326 g/mol. The number of nitrogens with one attached hydrogen (secondary N) is 1. The quantitative estimate of drug-likeness (QED) is 0.770. The molecule has 2 N–H and O–H groups in total. The van der Waals surface area contributed by atoms with Crippen LogP contribution in [0.4, 0.5) is 18.9 Å². The van der Waals surface area contributed by atoms with E-state index in [4.69, 9.17) is 0 Å². The normalized spacial score (nSPS) is 12.6. The highest BCUT2D eigenvalue weighted by Crippen LogP contribution is 2.32. The Balaban J connectivity index is 2.10. The van der Waals surface area contributed by atoms with Gasteiger partial charge in [-0.3, -0.25) is 4.98 Å². The summed E-state index contributed by atoms with van der Waals surface area (Å²) in [7, 11) is 0. The van der Waals surface area contributed by atoms with Crippen LogP contribution in [0.15, 0.2) is 30.5 Å². The molecule has 0 radical (unpaired) electrons. The van der Waals surface area contributed by atoms with Gasteiger partial charge >= 0.3 is 6.18 Å². The number of hydrogen-bond acceptors (Lipinski definition) is 3. The number of alkyl halides is 3. The second-order valence-corrected chi connectivity index (χ2v) is 6.44. The lowest BCUT2D eigenvalue weighted by Crippen LogP contribution is -2.18. The van der Waals surface area contributed by atoms with E-state index in [2.05, 4.69) is 10.3 Å². The maximum Gasteiger partial charge on any atom is 0.416 e. The van der Waals surface area contributed by atoms with E-state index in [0.717, 1.165) is 30.7 Å². The maximum atomic E-state index is 12.7. The van der Waals surface area contributed by atoms with Crippen LogP contribution in [0.25, 0.3) is 10.9 Å². The molecular weight excluding hydrogens is 305 g/mol. The van der Waals surface area contributed by atoms with Crippen LogP contribution in [0.5, 0.6) is 0 Å². The molecule has 0 fully saturated rings. The molecule has 3 nitrogen and oxygen atoms in total. The molecule has 0 spiro atoms. The van der Waals surface area contributed by atoms with E-state index in [1.165, 1.54) is 12.3 Å². The molecule has 0 unspecified atom stereocenters. The summed E-state index contributed by atoms with van der Waals surface area (Å²) in [6.07, 6.45) is -1.15. The minimum Gasteiger partial charge on any atom is -0.396 e. The van der Waals surface area contributed by atoms with Gasteiger partial charge in [0.2, 0.25) is 0 Å². The molecule has 0 bridgehead atoms. The van der Waals surface area contributed by atoms with E-state index in [1.54, 1.807) is 6.07 Å². The summed E-state index contributed by atoms with van der Waals surface area (Å²) < 4.78 is 38.2. The molecule has 1 aromatic heterocycles. The molecule has 0 saturated carbocycles. The van der Waals surface area contributed by atoms with Crippen molar-refractivity contribution >= 4 is 16.6 Å². The van der Waals surface area contributed by atoms with Crippen LogP contribution in [-0.2, 0) is 6.18 Å². The number of anilines is 1. The van der Waals surface area contributed by atoms with Gasteiger partial charge in [0.25, 0.3) is 0 Å². The van der Waals surface area contributed by atoms with Gasteiger partial charge in [-0.05, 0) is 36.5 Å². The number of halogens is 3. The number of rotatable bonds is 6. The standard InChI is InChI=1S/C17H21F3N2O/c1-16(2,11-23)7-3-8-21-14-6-9-22-15-10-12(17(18,19)20)4-5-13(14)15/h4-6,9-10,23H,3,7-8,11H2,1-2H3,(H,21,22). The zero-order valence-corrected chi connectivity index (χ0v) is 13.2. The number of fused-ring (bicyclic) bond motifs is 1. The van der Waals surface area contributed by atoms with Crippen LogP contribution in [0.2, 0.25) is 0 Å². The van der Waals surface area contributed by atoms with Crippen molar-refractivity contribution in [1.82, 2.24) is 4.98 Å². The molecule has 1 aromatic carbocycles. The Kier molecular flexibility index (Phi) is 5.14. The molecule has 0 aliphatic heterocycles. The van der Waals surface area contributed by atoms with Gasteiger partial charge in [-0.15, -0.1) is 0 Å². The minimum atomic E-state index is -4.37. The predicted octanol–water partition coefficient (Wildman–Crippen LogP) is 4.46. The summed E-state index contributed by atoms with van der Waals surface area (Å²) in [5.41, 5.74) is 0.272. The molecule has 126 valence electrons. The Labute approximate surface area is 133 Å². The topological polar surface area (TPSA) is 45.1 Å². The van der Waals surface area contributed by atoms with Crippen molar-refractivity contribution in [3.8, 4) is 0 Å². The third kappa shape index (κ3) is 4.58. The predicted molar refractivity (Wildman–Crippen MR) is 85.3 cm³/mol. The Hall–Kier alpha value is -1.82. The molecule has 23 heavy (non-hydrogen) atoms. The van der Waals surface area contributed by atoms with Crippen molar-refractivity contribution in [1.29, 1.82) is 0 Å². The summed E-state index contributed by atoms with van der Waals surface area (Å²) in [5.74, 6) is 0. The zero-order valence-electron chi connectivity index (χ0n) is 13.2. The van der Waals surface area contributed by atoms with E-state index in [9.17, 15) is 18.3 Å². The molecule has 0 atom stereocenters. The van der Waals surface area contributed by atoms with Crippen molar-refractivity contribution in [3.05, 3.63) is 36.0 Å². The van der Waals surface area contributed by atoms with Gasteiger partial charge in [-0.2, -0.15) is 13.2 Å². The first-order valence-electron chi connectivity index (χ1n) is 7.54. The largest absolute Gasteiger partial charge is 0.416 e. The summed E-state index contributed by atoms with van der Waals surface area (Å²) >= 11 is 0. The number of benzene rings is 1. The smallest absolute Gasteiger partial charge is 0.396 e. The molecule has 1 heterocycles. The third-order valence-corrected chi connectivity index (χ3v) is 3.84. The van der Waals surface area contributed by atoms with E-state index >= 15 is 0 Å². The summed E-state index contributed by atoms with van der Waals surface area (Å²) in [4.78, 5) is 4.02. The van der Waals surface area contributed by atoms with Gasteiger partial charge < -0.3 is 10.4 Å². The maximum absolute atomic E-state index is 12.7. The van der Waals surface area contributed by atoms with Gasteiger partial charge in [-0.25, -0.2) is 0 Å². The van der Waals surface area contributed by atoms with E-state index in [0.29, 0.717) is 17.4 Å². The number of aromatic nitrogens is 1. The van der Waals surface area contributed by atoms with Crippen molar-refractivity contribution in [3.63, 3.8) is 0 Å². The molecule has 0 amide bonds. The number of pyridine rings is 1. The highest BCUT2D eigenvalue weighted by molar-refractivity contribution is 5.91. The molecule has 0 saturated heterocycles. The van der Waals surface area contributed by atoms with Crippen molar-refractivity contribution in [2.75, 3.05) is 18.5 Å². The number of aliphatic hydroxyl groups is 1. The highest BCUT2D eigenvalue weighted by atomic mass is 19.4. The third-order valence-electron chi connectivity index (χ3n) is 3.84. The van der Waals surface area contributed by atoms with E-state index < -0.39 is 11.7 Å². The second kappa shape index (κ2) is 6.74. The lowest BCUT2D eigenvalue weighted by Gasteiger charge is -2.21. The molecule has 2 aromatic rings. The van der Waals surface area contributed by atoms with E-state index in [-0.39, 0.29) is 12.0 Å². The van der Waals surface area contributed by atoms with Gasteiger partial charge in [0.1, 0.15) is 0 Å². The van der Waals surface area contributed by atoms with Crippen LogP contribution in [0.3, 0.4) is 0 Å². The first kappa shape index (κ1) is 17.5. The van der Waals surface area contributed by atoms with E-state index in [1.807, 2.05) is 13.8 Å². The number of aliphatic hydroxyl groups excluding tert-OH is 1. The summed E-state index contributed by atoms with van der Waals surface area (Å²) in [5, 5.41) is 13.1. The Morgan fingerprint density at radius 1 is 1.17 bits per heavy atom. The fourth-order valence-electron chi connectivity index (χ4n) is 2.35. The Morgan fingerprint density at radius 2 is 1.91 bits per heavy atom. The highest BCUT2D eigenvalue weighted by Gasteiger charge is 2.30. The molecule has 0 aliphatic carbocycles. The SMILES string of the molecule is CC(C)(CO)CCCNc1ccnc2cc(C(F)(F)F)ccc12. The summed E-state index contributed by atoms with van der Waals surface area (Å²) in [6.45, 7) is 4.80. The van der Waals surface area contributed by atoms with Crippen LogP contribution in [-0.4, -0.2) is 23.2 Å². The van der Waals surface area contributed by atoms with Crippen LogP contribution in [0.1, 0.15) is 32.3 Å². The first-order chi connectivity index (χ1) is 10.7. The fraction of sp³-hybridized carbons (Fsp3) is 0.471. The van der Waals surface area contributed by atoms with Gasteiger partial charge in [0.05, 0.1) is 11.1 Å².